The van der Waals surface area contributed by atoms with Crippen LogP contribution in [0.4, 0.5) is 13.2 Å². The average molecular weight is 397 g/mol. The van der Waals surface area contributed by atoms with Gasteiger partial charge in [0.15, 0.2) is 5.96 Å². The highest BCUT2D eigenvalue weighted by Gasteiger charge is 2.31. The molecule has 0 bridgehead atoms. The third-order valence-corrected chi connectivity index (χ3v) is 3.99. The van der Waals surface area contributed by atoms with Gasteiger partial charge in [-0.1, -0.05) is 18.2 Å². The summed E-state index contributed by atoms with van der Waals surface area (Å²) in [5.41, 5.74) is 0.368. The van der Waals surface area contributed by atoms with E-state index in [1.54, 1.807) is 18.3 Å². The lowest BCUT2D eigenvalue weighted by Crippen LogP contribution is -2.37. The molecule has 0 aliphatic rings. The Kier molecular flexibility index (Phi) is 8.16. The summed E-state index contributed by atoms with van der Waals surface area (Å²) in [4.78, 5) is 8.56. The molecule has 0 atom stereocenters. The number of imidazole rings is 1. The topological polar surface area (TPSA) is 63.5 Å². The second-order valence-electron chi connectivity index (χ2n) is 6.15. The maximum absolute atomic E-state index is 12.5. The van der Waals surface area contributed by atoms with E-state index in [0.717, 1.165) is 25.2 Å². The average Bonchev–Trinajstić information content (AvgIpc) is 3.04. The number of nitrogens with zero attached hydrogens (tertiary/aromatic N) is 3. The molecule has 2 N–H and O–H groups in total. The Morgan fingerprint density at radius 2 is 2.00 bits per heavy atom. The minimum atomic E-state index is -4.73. The SMILES string of the molecule is CCNC(=NCc1ccccc1OC(F)(F)F)NCCCCn1ccnc1C. The number of benzene rings is 1. The Hall–Kier alpha value is -2.71. The third-order valence-electron chi connectivity index (χ3n) is 3.99. The van der Waals surface area contributed by atoms with Crippen molar-refractivity contribution in [3.63, 3.8) is 0 Å². The Labute approximate surface area is 162 Å². The molecule has 0 saturated carbocycles. The lowest BCUT2D eigenvalue weighted by atomic mass is 10.2. The molecule has 0 radical (unpaired) electrons. The molecule has 0 saturated heterocycles. The molecule has 0 aliphatic heterocycles. The van der Waals surface area contributed by atoms with Crippen molar-refractivity contribution in [2.24, 2.45) is 4.99 Å². The number of hydrogen-bond acceptors (Lipinski definition) is 3. The number of aryl methyl sites for hydroxylation is 2. The molecule has 2 aromatic rings. The number of para-hydroxylation sites is 1. The fourth-order valence-corrected chi connectivity index (χ4v) is 2.62. The van der Waals surface area contributed by atoms with Gasteiger partial charge in [-0.15, -0.1) is 13.2 Å². The summed E-state index contributed by atoms with van der Waals surface area (Å²) < 4.78 is 43.7. The largest absolute Gasteiger partial charge is 0.573 e. The van der Waals surface area contributed by atoms with Crippen molar-refractivity contribution in [3.8, 4) is 5.75 Å². The van der Waals surface area contributed by atoms with Gasteiger partial charge < -0.3 is 19.9 Å². The third kappa shape index (κ3) is 7.50. The Balaban J connectivity index is 1.86. The molecule has 6 nitrogen and oxygen atoms in total. The molecule has 1 aromatic carbocycles. The Morgan fingerprint density at radius 1 is 1.21 bits per heavy atom. The molecule has 2 rings (SSSR count). The van der Waals surface area contributed by atoms with E-state index in [2.05, 4.69) is 29.9 Å². The summed E-state index contributed by atoms with van der Waals surface area (Å²) in [6.07, 6.45) is 0.913. The van der Waals surface area contributed by atoms with Gasteiger partial charge >= 0.3 is 6.36 Å². The Morgan fingerprint density at radius 3 is 2.68 bits per heavy atom. The van der Waals surface area contributed by atoms with Gasteiger partial charge in [-0.25, -0.2) is 9.98 Å². The molecule has 0 fully saturated rings. The van der Waals surface area contributed by atoms with E-state index in [1.165, 1.54) is 12.1 Å². The van der Waals surface area contributed by atoms with Crippen LogP contribution < -0.4 is 15.4 Å². The fraction of sp³-hybridized carbons (Fsp3) is 0.474. The van der Waals surface area contributed by atoms with Crippen molar-refractivity contribution in [2.45, 2.75) is 46.1 Å². The highest BCUT2D eigenvalue weighted by molar-refractivity contribution is 5.79. The molecule has 0 unspecified atom stereocenters. The van der Waals surface area contributed by atoms with Gasteiger partial charge in [0.2, 0.25) is 0 Å². The zero-order valence-electron chi connectivity index (χ0n) is 16.1. The van der Waals surface area contributed by atoms with Gasteiger partial charge in [-0.3, -0.25) is 0 Å². The highest BCUT2D eigenvalue weighted by Crippen LogP contribution is 2.26. The molecular weight excluding hydrogens is 371 g/mol. The van der Waals surface area contributed by atoms with Crippen molar-refractivity contribution in [3.05, 3.63) is 48.0 Å². The summed E-state index contributed by atoms with van der Waals surface area (Å²) in [5.74, 6) is 1.32. The van der Waals surface area contributed by atoms with Crippen molar-refractivity contribution >= 4 is 5.96 Å². The van der Waals surface area contributed by atoms with E-state index in [1.807, 2.05) is 20.0 Å². The van der Waals surface area contributed by atoms with Crippen LogP contribution in [0.15, 0.2) is 41.7 Å². The van der Waals surface area contributed by atoms with E-state index in [0.29, 0.717) is 24.6 Å². The summed E-state index contributed by atoms with van der Waals surface area (Å²) in [5, 5.41) is 6.30. The number of alkyl halides is 3. The minimum absolute atomic E-state index is 0.0792. The van der Waals surface area contributed by atoms with Crippen molar-refractivity contribution < 1.29 is 17.9 Å². The first-order valence-electron chi connectivity index (χ1n) is 9.22. The minimum Gasteiger partial charge on any atom is -0.405 e. The van der Waals surface area contributed by atoms with Gasteiger partial charge in [0, 0.05) is 37.6 Å². The van der Waals surface area contributed by atoms with Gasteiger partial charge in [-0.2, -0.15) is 0 Å². The first-order valence-corrected chi connectivity index (χ1v) is 9.22. The number of ether oxygens (including phenoxy) is 1. The van der Waals surface area contributed by atoms with Gasteiger partial charge in [-0.05, 0) is 32.8 Å². The van der Waals surface area contributed by atoms with E-state index in [4.69, 9.17) is 0 Å². The summed E-state index contributed by atoms with van der Waals surface area (Å²) in [7, 11) is 0. The number of aromatic nitrogens is 2. The summed E-state index contributed by atoms with van der Waals surface area (Å²) in [6, 6.07) is 6.02. The maximum atomic E-state index is 12.5. The van der Waals surface area contributed by atoms with Crippen LogP contribution in [0.5, 0.6) is 5.75 Å². The monoisotopic (exact) mass is 397 g/mol. The summed E-state index contributed by atoms with van der Waals surface area (Å²) in [6.45, 7) is 6.23. The zero-order valence-corrected chi connectivity index (χ0v) is 16.1. The number of unbranched alkanes of at least 4 members (excludes halogenated alkanes) is 1. The molecule has 1 aromatic heterocycles. The summed E-state index contributed by atoms with van der Waals surface area (Å²) >= 11 is 0. The number of hydrogen-bond donors (Lipinski definition) is 2. The number of halogens is 3. The van der Waals surface area contributed by atoms with Gasteiger partial charge in [0.1, 0.15) is 11.6 Å². The van der Waals surface area contributed by atoms with Crippen LogP contribution >= 0.6 is 0 Å². The lowest BCUT2D eigenvalue weighted by Gasteiger charge is -2.14. The quantitative estimate of drug-likeness (QED) is 0.385. The van der Waals surface area contributed by atoms with Crippen molar-refractivity contribution in [2.75, 3.05) is 13.1 Å². The van der Waals surface area contributed by atoms with Crippen LogP contribution in [0.2, 0.25) is 0 Å². The first kappa shape index (κ1) is 21.6. The number of guanidine groups is 1. The normalized spacial score (nSPS) is 12.1. The highest BCUT2D eigenvalue weighted by atomic mass is 19.4. The van der Waals surface area contributed by atoms with Crippen molar-refractivity contribution in [1.82, 2.24) is 20.2 Å². The van der Waals surface area contributed by atoms with Gasteiger partial charge in [0.25, 0.3) is 0 Å². The maximum Gasteiger partial charge on any atom is 0.573 e. The van der Waals surface area contributed by atoms with Crippen LogP contribution in [0.3, 0.4) is 0 Å². The van der Waals surface area contributed by atoms with Crippen LogP contribution in [-0.4, -0.2) is 35.0 Å². The van der Waals surface area contributed by atoms with Crippen LogP contribution in [0.1, 0.15) is 31.2 Å². The van der Waals surface area contributed by atoms with E-state index in [-0.39, 0.29) is 12.3 Å². The first-order chi connectivity index (χ1) is 13.4. The predicted octanol–water partition coefficient (Wildman–Crippen LogP) is 3.63. The zero-order chi connectivity index (χ0) is 20.4. The molecule has 28 heavy (non-hydrogen) atoms. The number of nitrogens with one attached hydrogen (secondary N) is 2. The molecular formula is C19H26F3N5O. The van der Waals surface area contributed by atoms with E-state index in [9.17, 15) is 13.2 Å². The van der Waals surface area contributed by atoms with Gasteiger partial charge in [0.05, 0.1) is 6.54 Å². The predicted molar refractivity (Wildman–Crippen MR) is 102 cm³/mol. The van der Waals surface area contributed by atoms with E-state index < -0.39 is 6.36 Å². The molecule has 0 aliphatic carbocycles. The molecule has 154 valence electrons. The van der Waals surface area contributed by atoms with Crippen LogP contribution in [0, 0.1) is 6.92 Å². The number of aliphatic imine (C=N–C) groups is 1. The smallest absolute Gasteiger partial charge is 0.405 e. The molecule has 0 spiro atoms. The molecule has 0 amide bonds. The fourth-order valence-electron chi connectivity index (χ4n) is 2.62. The molecule has 9 heteroatoms. The Bertz CT molecular complexity index is 758. The van der Waals surface area contributed by atoms with Crippen LogP contribution in [0.25, 0.3) is 0 Å². The molecule has 1 heterocycles. The second-order valence-corrected chi connectivity index (χ2v) is 6.15. The second kappa shape index (κ2) is 10.6. The lowest BCUT2D eigenvalue weighted by molar-refractivity contribution is -0.274. The van der Waals surface area contributed by atoms with Crippen molar-refractivity contribution in [1.29, 1.82) is 0 Å². The van der Waals surface area contributed by atoms with Crippen LogP contribution in [-0.2, 0) is 13.1 Å². The van der Waals surface area contributed by atoms with E-state index >= 15 is 0 Å². The number of rotatable bonds is 9. The standard InChI is InChI=1S/C19H26F3N5O/c1-3-23-18(25-10-6-7-12-27-13-11-24-15(27)2)26-14-16-8-4-5-9-17(16)28-19(20,21)22/h4-5,8-9,11,13H,3,6-7,10,12,14H2,1-2H3,(H2,23,25,26).